The molecule has 1 amide bonds. The smallest absolute Gasteiger partial charge is 0.243 e. The molecule has 3 N–H and O–H groups in total. The number of nitrogens with one attached hydrogen (secondary N) is 1. The highest BCUT2D eigenvalue weighted by molar-refractivity contribution is 5.87. The van der Waals surface area contributed by atoms with E-state index >= 15 is 0 Å². The van der Waals surface area contributed by atoms with Crippen LogP contribution in [0.1, 0.15) is 77.9 Å². The van der Waals surface area contributed by atoms with Gasteiger partial charge < -0.3 is 29.5 Å². The highest BCUT2D eigenvalue weighted by Crippen LogP contribution is 2.30. The fourth-order valence-electron chi connectivity index (χ4n) is 5.28. The van der Waals surface area contributed by atoms with Gasteiger partial charge in [0, 0.05) is 31.8 Å². The van der Waals surface area contributed by atoms with E-state index < -0.39 is 12.2 Å². The van der Waals surface area contributed by atoms with E-state index in [9.17, 15) is 19.8 Å². The molecule has 1 aromatic rings. The van der Waals surface area contributed by atoms with Crippen molar-refractivity contribution in [3.8, 4) is 0 Å². The van der Waals surface area contributed by atoms with Crippen LogP contribution in [0.5, 0.6) is 0 Å². The van der Waals surface area contributed by atoms with Crippen molar-refractivity contribution in [1.82, 2.24) is 15.5 Å². The lowest BCUT2D eigenvalue weighted by Crippen LogP contribution is -2.50. The topological polar surface area (TPSA) is 144 Å². The van der Waals surface area contributed by atoms with Crippen molar-refractivity contribution >= 4 is 11.7 Å². The van der Waals surface area contributed by atoms with Crippen molar-refractivity contribution < 1.29 is 33.8 Å². The molecule has 10 heteroatoms. The Morgan fingerprint density at radius 2 is 1.93 bits per heavy atom. The molecule has 0 radical (unpaired) electrons. The number of amides is 1. The molecule has 0 aromatic carbocycles. The lowest BCUT2D eigenvalue weighted by atomic mass is 9.87. The average molecular weight is 560 g/mol. The molecule has 3 heterocycles. The zero-order valence-electron chi connectivity index (χ0n) is 24.4. The molecule has 9 atom stereocenters. The van der Waals surface area contributed by atoms with Gasteiger partial charge in [-0.15, -0.1) is 0 Å². The average Bonchev–Trinajstić information content (AvgIpc) is 3.34. The predicted octanol–water partition coefficient (Wildman–Crippen LogP) is 3.33. The molecule has 40 heavy (non-hydrogen) atoms. The summed E-state index contributed by atoms with van der Waals surface area (Å²) in [6, 6.07) is -0.0940. The van der Waals surface area contributed by atoms with Gasteiger partial charge in [-0.2, -0.15) is 4.98 Å². The number of aliphatic hydroxyl groups is 2. The maximum Gasteiger partial charge on any atom is 0.243 e. The number of hydrogen-bond donors (Lipinski definition) is 3. The zero-order chi connectivity index (χ0) is 29.4. The minimum absolute atomic E-state index is 0.0128. The molecule has 222 valence electrons. The van der Waals surface area contributed by atoms with Gasteiger partial charge in [-0.25, -0.2) is 0 Å². The molecule has 10 nitrogen and oxygen atoms in total. The third-order valence-corrected chi connectivity index (χ3v) is 7.74. The molecule has 0 saturated carbocycles. The number of ether oxygens (including phenoxy) is 2. The summed E-state index contributed by atoms with van der Waals surface area (Å²) in [4.78, 5) is 28.3. The molecule has 0 aliphatic carbocycles. The van der Waals surface area contributed by atoms with Crippen molar-refractivity contribution in [2.75, 3.05) is 6.61 Å². The highest BCUT2D eigenvalue weighted by Gasteiger charge is 2.36. The fraction of sp³-hybridized carbons (Fsp3) is 0.667. The van der Waals surface area contributed by atoms with Crippen LogP contribution in [0.3, 0.4) is 0 Å². The van der Waals surface area contributed by atoms with Crippen molar-refractivity contribution in [2.24, 2.45) is 11.8 Å². The van der Waals surface area contributed by atoms with E-state index in [1.165, 1.54) is 13.0 Å². The van der Waals surface area contributed by atoms with Crippen LogP contribution < -0.4 is 5.32 Å². The summed E-state index contributed by atoms with van der Waals surface area (Å²) >= 11 is 0. The maximum absolute atomic E-state index is 12.5. The summed E-state index contributed by atoms with van der Waals surface area (Å²) in [5, 5.41) is 27.2. The Hall–Kier alpha value is -2.66. The second kappa shape index (κ2) is 14.8. The molecule has 2 aliphatic rings. The van der Waals surface area contributed by atoms with E-state index in [4.69, 9.17) is 14.0 Å². The second-order valence-electron chi connectivity index (χ2n) is 11.4. The van der Waals surface area contributed by atoms with Gasteiger partial charge in [0.15, 0.2) is 5.82 Å². The number of rotatable bonds is 11. The van der Waals surface area contributed by atoms with E-state index in [1.807, 2.05) is 26.8 Å². The standard InChI is InChI=1S/C30H45N3O7/c1-17(8-11-27-29(37)23(16-34)15-24(39-27)14-20(4)35)7-10-26-19(3)13-25(21(5)38-26)32-28(36)12-9-18(2)30-31-22(6)40-33-30/h7-9,11-12,18-19,21,23-27,29,34,37H,10,13-16H2,1-6H3,(H,32,36)/b11-8+,12-9-,17-7+/t18?,19?,21?,23?,24-,25?,26?,27?,29+/m1/s1. The van der Waals surface area contributed by atoms with Gasteiger partial charge in [-0.3, -0.25) is 9.59 Å². The highest BCUT2D eigenvalue weighted by atomic mass is 16.5. The van der Waals surface area contributed by atoms with Crippen molar-refractivity contribution in [2.45, 2.75) is 110 Å². The molecule has 0 spiro atoms. The number of aromatic nitrogens is 2. The number of allylic oxidation sites excluding steroid dienone is 3. The van der Waals surface area contributed by atoms with Crippen molar-refractivity contribution in [1.29, 1.82) is 0 Å². The number of carbonyl (C=O) groups is 2. The Morgan fingerprint density at radius 3 is 2.58 bits per heavy atom. The number of Topliss-reactive ketones (excluding diaryl/α,β-unsaturated/α-hetero) is 1. The van der Waals surface area contributed by atoms with Gasteiger partial charge in [0.25, 0.3) is 0 Å². The summed E-state index contributed by atoms with van der Waals surface area (Å²) in [6.07, 6.45) is 9.48. The van der Waals surface area contributed by atoms with Gasteiger partial charge >= 0.3 is 0 Å². The molecule has 3 rings (SSSR count). The SMILES string of the molecule is CC(=O)C[C@@H]1CC(CO)[C@H](O)C(/C=C/C(C)=C/CC2OC(C)C(NC(=O)/C=C\C(C)c3noc(C)n3)CC2C)O1. The summed E-state index contributed by atoms with van der Waals surface area (Å²) in [5.41, 5.74) is 1.000. The third kappa shape index (κ3) is 9.19. The monoisotopic (exact) mass is 559 g/mol. The maximum atomic E-state index is 12.5. The Kier molecular flexibility index (Phi) is 11.8. The van der Waals surface area contributed by atoms with E-state index in [0.29, 0.717) is 24.6 Å². The van der Waals surface area contributed by atoms with Crippen LogP contribution in [0, 0.1) is 18.8 Å². The number of ketones is 1. The van der Waals surface area contributed by atoms with Crippen molar-refractivity contribution in [3.05, 3.63) is 47.7 Å². The summed E-state index contributed by atoms with van der Waals surface area (Å²) < 4.78 is 17.2. The summed E-state index contributed by atoms with van der Waals surface area (Å²) in [6.45, 7) is 11.1. The first-order valence-corrected chi connectivity index (χ1v) is 14.2. The summed E-state index contributed by atoms with van der Waals surface area (Å²) in [5.74, 6) is 0.653. The zero-order valence-corrected chi connectivity index (χ0v) is 24.4. The van der Waals surface area contributed by atoms with Gasteiger partial charge in [-0.05, 0) is 52.0 Å². The number of nitrogens with zero attached hydrogens (tertiary/aromatic N) is 2. The van der Waals surface area contributed by atoms with Crippen molar-refractivity contribution in [3.63, 3.8) is 0 Å². The molecular weight excluding hydrogens is 514 g/mol. The lowest BCUT2D eigenvalue weighted by Gasteiger charge is -2.39. The molecule has 1 aromatic heterocycles. The minimum Gasteiger partial charge on any atom is -0.396 e. The number of hydrogen-bond acceptors (Lipinski definition) is 9. The Balaban J connectivity index is 1.50. The van der Waals surface area contributed by atoms with Gasteiger partial charge in [0.2, 0.25) is 11.8 Å². The number of aliphatic hydroxyl groups excluding tert-OH is 2. The van der Waals surface area contributed by atoms with Crippen LogP contribution in [0.25, 0.3) is 0 Å². The Bertz CT molecular complexity index is 1080. The summed E-state index contributed by atoms with van der Waals surface area (Å²) in [7, 11) is 0. The first-order valence-electron chi connectivity index (χ1n) is 14.2. The van der Waals surface area contributed by atoms with Crippen LogP contribution in [0.4, 0.5) is 0 Å². The van der Waals surface area contributed by atoms with E-state index in [1.54, 1.807) is 19.1 Å². The van der Waals surface area contributed by atoms with E-state index in [0.717, 1.165) is 12.0 Å². The fourth-order valence-corrected chi connectivity index (χ4v) is 5.28. The first-order chi connectivity index (χ1) is 19.0. The minimum atomic E-state index is -0.826. The number of aryl methyl sites for hydroxylation is 1. The van der Waals surface area contributed by atoms with Gasteiger partial charge in [-0.1, -0.05) is 48.9 Å². The van der Waals surface area contributed by atoms with Crippen LogP contribution in [0.2, 0.25) is 0 Å². The Morgan fingerprint density at radius 1 is 1.18 bits per heavy atom. The van der Waals surface area contributed by atoms with Crippen LogP contribution in [-0.4, -0.2) is 75.2 Å². The van der Waals surface area contributed by atoms with Gasteiger partial charge in [0.1, 0.15) is 11.9 Å². The largest absolute Gasteiger partial charge is 0.396 e. The molecular formula is C30H45N3O7. The lowest BCUT2D eigenvalue weighted by molar-refractivity contribution is -0.143. The second-order valence-corrected chi connectivity index (χ2v) is 11.4. The molecule has 0 bridgehead atoms. The molecule has 2 aliphatic heterocycles. The quantitative estimate of drug-likeness (QED) is 0.275. The Labute approximate surface area is 236 Å². The van der Waals surface area contributed by atoms with E-state index in [-0.39, 0.29) is 66.8 Å². The van der Waals surface area contributed by atoms with Crippen LogP contribution in [-0.2, 0) is 19.1 Å². The first kappa shape index (κ1) is 31.9. The molecule has 2 fully saturated rings. The normalized spacial score (nSPS) is 32.5. The predicted molar refractivity (Wildman–Crippen MR) is 149 cm³/mol. The van der Waals surface area contributed by atoms with Crippen LogP contribution in [0.15, 0.2) is 40.5 Å². The van der Waals surface area contributed by atoms with Crippen LogP contribution >= 0.6 is 0 Å². The molecule has 7 unspecified atom stereocenters. The third-order valence-electron chi connectivity index (χ3n) is 7.74. The van der Waals surface area contributed by atoms with Gasteiger partial charge in [0.05, 0.1) is 30.5 Å². The van der Waals surface area contributed by atoms with E-state index in [2.05, 4.69) is 28.5 Å². The molecule has 2 saturated heterocycles. The number of carbonyl (C=O) groups excluding carboxylic acids is 2.